The molecule has 1 aliphatic carbocycles. The smallest absolute Gasteiger partial charge is 0.125 e. The molecule has 104 valence electrons. The lowest BCUT2D eigenvalue weighted by molar-refractivity contribution is 0.195. The van der Waals surface area contributed by atoms with Gasteiger partial charge in [0, 0.05) is 10.9 Å². The molecule has 2 nitrogen and oxygen atoms in total. The van der Waals surface area contributed by atoms with Gasteiger partial charge in [-0.05, 0) is 54.5 Å². The Morgan fingerprint density at radius 2 is 2.00 bits per heavy atom. The van der Waals surface area contributed by atoms with E-state index in [2.05, 4.69) is 28.1 Å². The zero-order chi connectivity index (χ0) is 13.3. The van der Waals surface area contributed by atoms with Crippen molar-refractivity contribution < 1.29 is 4.74 Å². The van der Waals surface area contributed by atoms with Crippen molar-refractivity contribution in [3.8, 4) is 5.75 Å². The van der Waals surface area contributed by atoms with E-state index in [0.29, 0.717) is 5.41 Å². The lowest BCUT2D eigenvalue weighted by Gasteiger charge is -2.36. The van der Waals surface area contributed by atoms with E-state index in [4.69, 9.17) is 10.5 Å². The molecule has 0 radical (unpaired) electrons. The normalized spacial score (nSPS) is 20.9. The fourth-order valence-electron chi connectivity index (χ4n) is 3.64. The summed E-state index contributed by atoms with van der Waals surface area (Å²) in [5, 5.41) is 0. The summed E-state index contributed by atoms with van der Waals surface area (Å²) in [6, 6.07) is 4.43. The maximum absolute atomic E-state index is 6.12. The second-order valence-electron chi connectivity index (χ2n) is 6.09. The number of halogens is 1. The average Bonchev–Trinajstić information content (AvgIpc) is 2.88. The van der Waals surface area contributed by atoms with Crippen LogP contribution >= 0.6 is 15.9 Å². The third kappa shape index (κ3) is 2.68. The molecule has 0 spiro atoms. The summed E-state index contributed by atoms with van der Waals surface area (Å²) in [5.74, 6) is 1.14. The molecule has 1 fully saturated rings. The Kier molecular flexibility index (Phi) is 3.86. The molecular weight excluding hydrogens is 302 g/mol. The predicted molar refractivity (Wildman–Crippen MR) is 81.6 cm³/mol. The number of hydrogen-bond donors (Lipinski definition) is 1. The number of fused-ring (bicyclic) bond motifs is 1. The zero-order valence-corrected chi connectivity index (χ0v) is 13.0. The van der Waals surface area contributed by atoms with E-state index in [9.17, 15) is 0 Å². The standard InChI is InChI=1S/C16H22BrNO/c17-14-8-12-4-7-19-15(12)13(9-14)10-16(11-18)5-2-1-3-6-16/h8-9H,1-7,10-11,18H2. The lowest BCUT2D eigenvalue weighted by atomic mass is 9.70. The minimum Gasteiger partial charge on any atom is -0.493 e. The lowest BCUT2D eigenvalue weighted by Crippen LogP contribution is -2.35. The molecule has 0 saturated heterocycles. The fraction of sp³-hybridized carbons (Fsp3) is 0.625. The van der Waals surface area contributed by atoms with Gasteiger partial charge in [-0.1, -0.05) is 35.2 Å². The highest BCUT2D eigenvalue weighted by atomic mass is 79.9. The third-order valence-corrected chi connectivity index (χ3v) is 5.20. The number of ether oxygens (including phenoxy) is 1. The number of benzene rings is 1. The van der Waals surface area contributed by atoms with Crippen molar-refractivity contribution >= 4 is 15.9 Å². The van der Waals surface area contributed by atoms with Gasteiger partial charge in [-0.2, -0.15) is 0 Å². The molecule has 0 amide bonds. The summed E-state index contributed by atoms with van der Waals surface area (Å²) in [6.45, 7) is 1.63. The molecular formula is C16H22BrNO. The quantitative estimate of drug-likeness (QED) is 0.917. The Morgan fingerprint density at radius 1 is 1.21 bits per heavy atom. The highest BCUT2D eigenvalue weighted by molar-refractivity contribution is 9.10. The van der Waals surface area contributed by atoms with Gasteiger partial charge in [0.1, 0.15) is 5.75 Å². The van der Waals surface area contributed by atoms with Crippen LogP contribution in [-0.2, 0) is 12.8 Å². The van der Waals surface area contributed by atoms with E-state index >= 15 is 0 Å². The number of hydrogen-bond acceptors (Lipinski definition) is 2. The first-order valence-electron chi connectivity index (χ1n) is 7.37. The van der Waals surface area contributed by atoms with Crippen molar-refractivity contribution in [3.05, 3.63) is 27.7 Å². The second-order valence-corrected chi connectivity index (χ2v) is 7.01. The summed E-state index contributed by atoms with van der Waals surface area (Å²) in [4.78, 5) is 0. The van der Waals surface area contributed by atoms with Crippen molar-refractivity contribution in [3.63, 3.8) is 0 Å². The van der Waals surface area contributed by atoms with Crippen molar-refractivity contribution in [2.45, 2.75) is 44.9 Å². The molecule has 19 heavy (non-hydrogen) atoms. The highest BCUT2D eigenvalue weighted by Crippen LogP contribution is 2.42. The molecule has 0 aromatic heterocycles. The van der Waals surface area contributed by atoms with Crippen molar-refractivity contribution in [2.75, 3.05) is 13.2 Å². The van der Waals surface area contributed by atoms with Gasteiger partial charge in [-0.15, -0.1) is 0 Å². The topological polar surface area (TPSA) is 35.2 Å². The Balaban J connectivity index is 1.90. The molecule has 0 unspecified atom stereocenters. The van der Waals surface area contributed by atoms with Gasteiger partial charge in [0.05, 0.1) is 6.61 Å². The summed E-state index contributed by atoms with van der Waals surface area (Å²) in [5.41, 5.74) is 9.13. The Hall–Kier alpha value is -0.540. The maximum Gasteiger partial charge on any atom is 0.125 e. The molecule has 1 aliphatic heterocycles. The van der Waals surface area contributed by atoms with E-state index in [1.807, 2.05) is 0 Å². The molecule has 1 aromatic rings. The van der Waals surface area contributed by atoms with E-state index in [1.54, 1.807) is 0 Å². The molecule has 1 heterocycles. The summed E-state index contributed by atoms with van der Waals surface area (Å²) < 4.78 is 7.03. The summed E-state index contributed by atoms with van der Waals surface area (Å²) in [7, 11) is 0. The van der Waals surface area contributed by atoms with E-state index in [1.165, 1.54) is 47.7 Å². The minimum atomic E-state index is 0.304. The first kappa shape index (κ1) is 13.4. The molecule has 2 N–H and O–H groups in total. The molecule has 1 saturated carbocycles. The number of nitrogens with two attached hydrogens (primary N) is 1. The van der Waals surface area contributed by atoms with Gasteiger partial charge in [0.15, 0.2) is 0 Å². The van der Waals surface area contributed by atoms with Gasteiger partial charge >= 0.3 is 0 Å². The van der Waals surface area contributed by atoms with Crippen molar-refractivity contribution in [1.82, 2.24) is 0 Å². The van der Waals surface area contributed by atoms with Crippen LogP contribution in [0.3, 0.4) is 0 Å². The predicted octanol–water partition coefficient (Wildman–Crippen LogP) is 3.84. The Bertz CT molecular complexity index is 466. The van der Waals surface area contributed by atoms with Crippen LogP contribution in [0.25, 0.3) is 0 Å². The van der Waals surface area contributed by atoms with Crippen LogP contribution in [0.2, 0.25) is 0 Å². The Morgan fingerprint density at radius 3 is 2.74 bits per heavy atom. The summed E-state index contributed by atoms with van der Waals surface area (Å²) in [6.07, 6.45) is 8.68. The monoisotopic (exact) mass is 323 g/mol. The first-order chi connectivity index (χ1) is 9.22. The Labute approximate surface area is 123 Å². The van der Waals surface area contributed by atoms with Crippen molar-refractivity contribution in [1.29, 1.82) is 0 Å². The molecule has 0 bridgehead atoms. The van der Waals surface area contributed by atoms with Gasteiger partial charge in [-0.3, -0.25) is 0 Å². The molecule has 1 aromatic carbocycles. The van der Waals surface area contributed by atoms with Crippen LogP contribution in [0.15, 0.2) is 16.6 Å². The summed E-state index contributed by atoms with van der Waals surface area (Å²) >= 11 is 3.63. The molecule has 3 heteroatoms. The van der Waals surface area contributed by atoms with Gasteiger partial charge in [0.2, 0.25) is 0 Å². The largest absolute Gasteiger partial charge is 0.493 e. The van der Waals surface area contributed by atoms with Crippen LogP contribution in [0.1, 0.15) is 43.2 Å². The first-order valence-corrected chi connectivity index (χ1v) is 8.16. The van der Waals surface area contributed by atoms with Crippen LogP contribution < -0.4 is 10.5 Å². The van der Waals surface area contributed by atoms with Crippen LogP contribution in [-0.4, -0.2) is 13.2 Å². The van der Waals surface area contributed by atoms with Crippen LogP contribution in [0.4, 0.5) is 0 Å². The van der Waals surface area contributed by atoms with Gasteiger partial charge in [0.25, 0.3) is 0 Å². The minimum absolute atomic E-state index is 0.304. The van der Waals surface area contributed by atoms with Gasteiger partial charge < -0.3 is 10.5 Å². The number of rotatable bonds is 3. The fourth-order valence-corrected chi connectivity index (χ4v) is 4.19. The zero-order valence-electron chi connectivity index (χ0n) is 11.4. The van der Waals surface area contributed by atoms with E-state index in [0.717, 1.165) is 31.7 Å². The second kappa shape index (κ2) is 5.45. The van der Waals surface area contributed by atoms with Crippen molar-refractivity contribution in [2.24, 2.45) is 11.1 Å². The van der Waals surface area contributed by atoms with Crippen LogP contribution in [0, 0.1) is 5.41 Å². The molecule has 0 atom stereocenters. The average molecular weight is 324 g/mol. The van der Waals surface area contributed by atoms with Crippen LogP contribution in [0.5, 0.6) is 5.75 Å². The van der Waals surface area contributed by atoms with E-state index in [-0.39, 0.29) is 0 Å². The van der Waals surface area contributed by atoms with E-state index < -0.39 is 0 Å². The maximum atomic E-state index is 6.12. The third-order valence-electron chi connectivity index (χ3n) is 4.74. The van der Waals surface area contributed by atoms with Gasteiger partial charge in [-0.25, -0.2) is 0 Å². The molecule has 3 rings (SSSR count). The highest BCUT2D eigenvalue weighted by Gasteiger charge is 2.32. The SMILES string of the molecule is NCC1(Cc2cc(Br)cc3c2OCC3)CCCCC1. The molecule has 2 aliphatic rings.